The van der Waals surface area contributed by atoms with Crippen molar-refractivity contribution >= 4 is 15.9 Å². The van der Waals surface area contributed by atoms with Crippen LogP contribution in [0.5, 0.6) is 0 Å². The van der Waals surface area contributed by atoms with Crippen molar-refractivity contribution in [2.75, 3.05) is 6.54 Å². The fourth-order valence-corrected chi connectivity index (χ4v) is 1.93. The standard InChI is InChI=1S/C10H12BrN/c11-9-5-3-8(4-6-9)10-2-1-7-12-10/h3-6,10,12H,1-2,7H2/t10-/m1/s1. The van der Waals surface area contributed by atoms with Crippen molar-refractivity contribution < 1.29 is 0 Å². The average Bonchev–Trinajstić information content (AvgIpc) is 2.58. The van der Waals surface area contributed by atoms with Gasteiger partial charge in [0.1, 0.15) is 0 Å². The minimum absolute atomic E-state index is 0.595. The lowest BCUT2D eigenvalue weighted by molar-refractivity contribution is 0.648. The molecule has 2 rings (SSSR count). The molecule has 1 aliphatic heterocycles. The predicted molar refractivity (Wildman–Crippen MR) is 54.1 cm³/mol. The third kappa shape index (κ3) is 1.70. The molecule has 0 amide bonds. The summed E-state index contributed by atoms with van der Waals surface area (Å²) in [5.41, 5.74) is 1.41. The Kier molecular flexibility index (Phi) is 2.47. The number of nitrogens with one attached hydrogen (secondary N) is 1. The van der Waals surface area contributed by atoms with Crippen molar-refractivity contribution in [3.63, 3.8) is 0 Å². The molecule has 1 N–H and O–H groups in total. The van der Waals surface area contributed by atoms with E-state index in [1.807, 2.05) is 0 Å². The van der Waals surface area contributed by atoms with Crippen LogP contribution >= 0.6 is 15.9 Å². The molecule has 0 bridgehead atoms. The van der Waals surface area contributed by atoms with Gasteiger partial charge in [0.25, 0.3) is 0 Å². The molecule has 1 nitrogen and oxygen atoms in total. The Bertz CT molecular complexity index is 249. The van der Waals surface area contributed by atoms with Gasteiger partial charge in [-0.1, -0.05) is 28.1 Å². The van der Waals surface area contributed by atoms with E-state index in [0.717, 1.165) is 4.47 Å². The van der Waals surface area contributed by atoms with Crippen LogP contribution in [0.25, 0.3) is 0 Å². The third-order valence-corrected chi connectivity index (χ3v) is 2.86. The molecule has 0 spiro atoms. The number of hydrogen-bond acceptors (Lipinski definition) is 1. The van der Waals surface area contributed by atoms with E-state index in [-0.39, 0.29) is 0 Å². The highest BCUT2D eigenvalue weighted by atomic mass is 79.9. The Morgan fingerprint density at radius 1 is 1.25 bits per heavy atom. The van der Waals surface area contributed by atoms with Crippen LogP contribution < -0.4 is 5.32 Å². The Morgan fingerprint density at radius 3 is 2.58 bits per heavy atom. The third-order valence-electron chi connectivity index (χ3n) is 2.33. The molecule has 1 heterocycles. The summed E-state index contributed by atoms with van der Waals surface area (Å²) in [5, 5.41) is 3.48. The van der Waals surface area contributed by atoms with Gasteiger partial charge in [0.05, 0.1) is 0 Å². The second-order valence-corrected chi connectivity index (χ2v) is 4.12. The molecule has 1 saturated heterocycles. The minimum atomic E-state index is 0.595. The second-order valence-electron chi connectivity index (χ2n) is 3.20. The lowest BCUT2D eigenvalue weighted by atomic mass is 10.1. The molecule has 1 aromatic carbocycles. The van der Waals surface area contributed by atoms with Gasteiger partial charge in [0.15, 0.2) is 0 Å². The van der Waals surface area contributed by atoms with Gasteiger partial charge in [0.2, 0.25) is 0 Å². The maximum Gasteiger partial charge on any atom is 0.0320 e. The molecule has 1 aliphatic rings. The van der Waals surface area contributed by atoms with Crippen LogP contribution in [0.3, 0.4) is 0 Å². The fourth-order valence-electron chi connectivity index (χ4n) is 1.66. The van der Waals surface area contributed by atoms with Crippen LogP contribution in [0.2, 0.25) is 0 Å². The minimum Gasteiger partial charge on any atom is -0.310 e. The fraction of sp³-hybridized carbons (Fsp3) is 0.400. The van der Waals surface area contributed by atoms with Gasteiger partial charge in [0, 0.05) is 10.5 Å². The monoisotopic (exact) mass is 225 g/mol. The quantitative estimate of drug-likeness (QED) is 0.776. The zero-order chi connectivity index (χ0) is 8.39. The highest BCUT2D eigenvalue weighted by Crippen LogP contribution is 2.23. The SMILES string of the molecule is Brc1ccc([C@H]2CCCN2)cc1. The maximum absolute atomic E-state index is 3.48. The van der Waals surface area contributed by atoms with Crippen molar-refractivity contribution in [3.05, 3.63) is 34.3 Å². The van der Waals surface area contributed by atoms with Crippen LogP contribution in [0.1, 0.15) is 24.4 Å². The van der Waals surface area contributed by atoms with E-state index >= 15 is 0 Å². The summed E-state index contributed by atoms with van der Waals surface area (Å²) < 4.78 is 1.16. The van der Waals surface area contributed by atoms with E-state index < -0.39 is 0 Å². The lowest BCUT2D eigenvalue weighted by Gasteiger charge is -2.09. The van der Waals surface area contributed by atoms with Crippen LogP contribution in [-0.4, -0.2) is 6.54 Å². The van der Waals surface area contributed by atoms with Crippen molar-refractivity contribution in [1.82, 2.24) is 5.32 Å². The van der Waals surface area contributed by atoms with Crippen molar-refractivity contribution in [1.29, 1.82) is 0 Å². The van der Waals surface area contributed by atoms with Crippen molar-refractivity contribution in [2.24, 2.45) is 0 Å². The van der Waals surface area contributed by atoms with E-state index in [2.05, 4.69) is 45.5 Å². The van der Waals surface area contributed by atoms with Gasteiger partial charge in [-0.05, 0) is 37.1 Å². The smallest absolute Gasteiger partial charge is 0.0320 e. The lowest BCUT2D eigenvalue weighted by Crippen LogP contribution is -2.12. The molecule has 1 atom stereocenters. The first kappa shape index (κ1) is 8.27. The molecule has 0 aromatic heterocycles. The summed E-state index contributed by atoms with van der Waals surface area (Å²) >= 11 is 3.43. The van der Waals surface area contributed by atoms with Crippen LogP contribution in [0.15, 0.2) is 28.7 Å². The first-order valence-corrected chi connectivity index (χ1v) is 5.14. The average molecular weight is 226 g/mol. The normalized spacial score (nSPS) is 22.9. The molecule has 0 saturated carbocycles. The molecule has 1 fully saturated rings. The highest BCUT2D eigenvalue weighted by Gasteiger charge is 2.15. The second kappa shape index (κ2) is 3.58. The molecule has 0 unspecified atom stereocenters. The zero-order valence-electron chi connectivity index (χ0n) is 6.89. The van der Waals surface area contributed by atoms with Gasteiger partial charge in [-0.25, -0.2) is 0 Å². The van der Waals surface area contributed by atoms with Gasteiger partial charge in [-0.15, -0.1) is 0 Å². The predicted octanol–water partition coefficient (Wildman–Crippen LogP) is 2.87. The number of benzene rings is 1. The summed E-state index contributed by atoms with van der Waals surface area (Å²) in [6, 6.07) is 9.18. The van der Waals surface area contributed by atoms with Gasteiger partial charge < -0.3 is 5.32 Å². The maximum atomic E-state index is 3.48. The summed E-state index contributed by atoms with van der Waals surface area (Å²) in [5.74, 6) is 0. The largest absolute Gasteiger partial charge is 0.310 e. The van der Waals surface area contributed by atoms with Crippen molar-refractivity contribution in [2.45, 2.75) is 18.9 Å². The Hall–Kier alpha value is -0.340. The van der Waals surface area contributed by atoms with E-state index in [9.17, 15) is 0 Å². The van der Waals surface area contributed by atoms with Crippen LogP contribution in [0, 0.1) is 0 Å². The van der Waals surface area contributed by atoms with Crippen LogP contribution in [0.4, 0.5) is 0 Å². The van der Waals surface area contributed by atoms with Crippen molar-refractivity contribution in [3.8, 4) is 0 Å². The van der Waals surface area contributed by atoms with Gasteiger partial charge >= 0.3 is 0 Å². The Morgan fingerprint density at radius 2 is 2.00 bits per heavy atom. The summed E-state index contributed by atoms with van der Waals surface area (Å²) in [6.07, 6.45) is 2.59. The molecular weight excluding hydrogens is 214 g/mol. The van der Waals surface area contributed by atoms with E-state index in [0.29, 0.717) is 6.04 Å². The van der Waals surface area contributed by atoms with E-state index in [4.69, 9.17) is 0 Å². The number of rotatable bonds is 1. The van der Waals surface area contributed by atoms with Gasteiger partial charge in [-0.3, -0.25) is 0 Å². The first-order chi connectivity index (χ1) is 5.86. The van der Waals surface area contributed by atoms with Gasteiger partial charge in [-0.2, -0.15) is 0 Å². The zero-order valence-corrected chi connectivity index (χ0v) is 8.47. The number of hydrogen-bond donors (Lipinski definition) is 1. The molecular formula is C10H12BrN. The Balaban J connectivity index is 2.17. The summed E-state index contributed by atoms with van der Waals surface area (Å²) in [4.78, 5) is 0. The topological polar surface area (TPSA) is 12.0 Å². The summed E-state index contributed by atoms with van der Waals surface area (Å²) in [7, 11) is 0. The summed E-state index contributed by atoms with van der Waals surface area (Å²) in [6.45, 7) is 1.17. The highest BCUT2D eigenvalue weighted by molar-refractivity contribution is 9.10. The molecule has 1 aromatic rings. The molecule has 64 valence electrons. The van der Waals surface area contributed by atoms with Crippen LogP contribution in [-0.2, 0) is 0 Å². The molecule has 12 heavy (non-hydrogen) atoms. The first-order valence-electron chi connectivity index (χ1n) is 4.35. The molecule has 2 heteroatoms. The Labute approximate surface area is 81.3 Å². The molecule has 0 aliphatic carbocycles. The van der Waals surface area contributed by atoms with E-state index in [1.54, 1.807) is 0 Å². The van der Waals surface area contributed by atoms with E-state index in [1.165, 1.54) is 24.9 Å². The molecule has 0 radical (unpaired) electrons. The number of halogens is 1.